The van der Waals surface area contributed by atoms with E-state index in [0.29, 0.717) is 27.8 Å². The molecule has 154 valence electrons. The smallest absolute Gasteiger partial charge is 0.336 e. The molecule has 31 heavy (non-hydrogen) atoms. The first-order valence-electron chi connectivity index (χ1n) is 8.93. The van der Waals surface area contributed by atoms with Crippen molar-refractivity contribution in [2.45, 2.75) is 6.92 Å². The quantitative estimate of drug-likeness (QED) is 0.256. The summed E-state index contributed by atoms with van der Waals surface area (Å²) in [5.41, 5.74) is 1.08. The molecule has 4 rings (SSSR count). The lowest BCUT2D eigenvalue weighted by molar-refractivity contribution is -0.385. The lowest BCUT2D eigenvalue weighted by Crippen LogP contribution is -1.99. The molecular weight excluding hydrogens is 406 g/mol. The van der Waals surface area contributed by atoms with Crippen LogP contribution in [0.5, 0.6) is 11.6 Å². The number of aromatic nitrogens is 1. The van der Waals surface area contributed by atoms with Gasteiger partial charge in [-0.15, -0.1) is 0 Å². The Kier molecular flexibility index (Phi) is 4.88. The largest absolute Gasteiger partial charge is 0.439 e. The van der Waals surface area contributed by atoms with Gasteiger partial charge in [0.1, 0.15) is 17.5 Å². The third-order valence-corrected chi connectivity index (χ3v) is 4.55. The van der Waals surface area contributed by atoms with E-state index in [2.05, 4.69) is 4.98 Å². The number of ether oxygens (including phenoxy) is 1. The van der Waals surface area contributed by atoms with Crippen molar-refractivity contribution in [1.82, 2.24) is 4.98 Å². The summed E-state index contributed by atoms with van der Waals surface area (Å²) in [5, 5.41) is 22.3. The summed E-state index contributed by atoms with van der Waals surface area (Å²) in [5.74, 6) is 0.500. The predicted molar refractivity (Wildman–Crippen MR) is 110 cm³/mol. The Morgan fingerprint density at radius 1 is 0.935 bits per heavy atom. The molecule has 2 aromatic heterocycles. The topological polar surface area (TPSA) is 139 Å². The van der Waals surface area contributed by atoms with Gasteiger partial charge in [0.25, 0.3) is 11.4 Å². The Hall–Kier alpha value is -4.60. The van der Waals surface area contributed by atoms with Gasteiger partial charge in [-0.1, -0.05) is 0 Å². The highest BCUT2D eigenvalue weighted by Crippen LogP contribution is 2.32. The maximum atomic E-state index is 12.1. The van der Waals surface area contributed by atoms with Gasteiger partial charge in [0.15, 0.2) is 0 Å². The standard InChI is InChI=1S/C21H13N3O7/c1-12-8-15(24(28)29)11-22-21(12)30-16-6-7-17-18(10-20(25)31-19(17)9-16)13-2-4-14(5-3-13)23(26)27/h2-11H,1H3. The van der Waals surface area contributed by atoms with Crippen molar-refractivity contribution in [1.29, 1.82) is 0 Å². The number of benzene rings is 2. The van der Waals surface area contributed by atoms with E-state index in [0.717, 1.165) is 6.20 Å². The molecule has 4 aromatic rings. The van der Waals surface area contributed by atoms with Crippen LogP contribution in [0.25, 0.3) is 22.1 Å². The number of nitrogens with zero attached hydrogens (tertiary/aromatic N) is 3. The van der Waals surface area contributed by atoms with E-state index in [1.165, 1.54) is 30.3 Å². The maximum Gasteiger partial charge on any atom is 0.336 e. The Bertz CT molecular complexity index is 1390. The molecule has 10 heteroatoms. The molecule has 0 aliphatic rings. The Labute approximate surface area is 173 Å². The summed E-state index contributed by atoms with van der Waals surface area (Å²) < 4.78 is 11.0. The van der Waals surface area contributed by atoms with Gasteiger partial charge < -0.3 is 9.15 Å². The van der Waals surface area contributed by atoms with Gasteiger partial charge in [0.2, 0.25) is 5.88 Å². The normalized spacial score (nSPS) is 10.7. The third kappa shape index (κ3) is 3.94. The lowest BCUT2D eigenvalue weighted by atomic mass is 10.0. The molecule has 0 aliphatic heterocycles. The fourth-order valence-electron chi connectivity index (χ4n) is 3.07. The number of fused-ring (bicyclic) bond motifs is 1. The van der Waals surface area contributed by atoms with Crippen LogP contribution in [-0.4, -0.2) is 14.8 Å². The van der Waals surface area contributed by atoms with Crippen LogP contribution >= 0.6 is 0 Å². The average molecular weight is 419 g/mol. The van der Waals surface area contributed by atoms with Gasteiger partial charge in [-0.2, -0.15) is 0 Å². The van der Waals surface area contributed by atoms with E-state index in [1.54, 1.807) is 31.2 Å². The van der Waals surface area contributed by atoms with Crippen molar-refractivity contribution in [2.24, 2.45) is 0 Å². The van der Waals surface area contributed by atoms with Crippen molar-refractivity contribution in [3.05, 3.63) is 97.0 Å². The fourth-order valence-corrected chi connectivity index (χ4v) is 3.07. The Balaban J connectivity index is 1.73. The molecule has 0 fully saturated rings. The molecule has 0 amide bonds. The summed E-state index contributed by atoms with van der Waals surface area (Å²) in [4.78, 5) is 36.7. The molecule has 0 bridgehead atoms. The molecule has 0 radical (unpaired) electrons. The van der Waals surface area contributed by atoms with Crippen LogP contribution in [0.15, 0.2) is 70.0 Å². The lowest BCUT2D eigenvalue weighted by Gasteiger charge is -2.09. The molecule has 2 aromatic carbocycles. The maximum absolute atomic E-state index is 12.1. The average Bonchev–Trinajstić information content (AvgIpc) is 2.74. The van der Waals surface area contributed by atoms with Gasteiger partial charge in [-0.05, 0) is 42.3 Å². The van der Waals surface area contributed by atoms with Gasteiger partial charge in [0.05, 0.1) is 9.85 Å². The van der Waals surface area contributed by atoms with E-state index in [-0.39, 0.29) is 22.8 Å². The molecule has 0 saturated carbocycles. The van der Waals surface area contributed by atoms with Crippen LogP contribution in [0, 0.1) is 27.2 Å². The summed E-state index contributed by atoms with van der Waals surface area (Å²) >= 11 is 0. The zero-order valence-electron chi connectivity index (χ0n) is 16.0. The number of nitro groups is 2. The number of hydrogen-bond acceptors (Lipinski definition) is 8. The van der Waals surface area contributed by atoms with Crippen molar-refractivity contribution in [3.63, 3.8) is 0 Å². The fraction of sp³-hybridized carbons (Fsp3) is 0.0476. The first kappa shape index (κ1) is 19.7. The van der Waals surface area contributed by atoms with Gasteiger partial charge in [0, 0.05) is 41.3 Å². The van der Waals surface area contributed by atoms with E-state index in [1.807, 2.05) is 0 Å². The van der Waals surface area contributed by atoms with Crippen molar-refractivity contribution in [2.75, 3.05) is 0 Å². The molecule has 0 N–H and O–H groups in total. The van der Waals surface area contributed by atoms with Crippen LogP contribution in [0.4, 0.5) is 11.4 Å². The molecular formula is C21H13N3O7. The second kappa shape index (κ2) is 7.67. The van der Waals surface area contributed by atoms with Crippen LogP contribution in [0.1, 0.15) is 5.56 Å². The summed E-state index contributed by atoms with van der Waals surface area (Å²) in [7, 11) is 0. The highest BCUT2D eigenvalue weighted by molar-refractivity contribution is 5.93. The van der Waals surface area contributed by atoms with Crippen LogP contribution in [0.2, 0.25) is 0 Å². The number of hydrogen-bond donors (Lipinski definition) is 0. The van der Waals surface area contributed by atoms with Gasteiger partial charge in [-0.3, -0.25) is 20.2 Å². The number of aryl methyl sites for hydroxylation is 1. The highest BCUT2D eigenvalue weighted by atomic mass is 16.6. The zero-order valence-corrected chi connectivity index (χ0v) is 16.0. The van der Waals surface area contributed by atoms with Crippen LogP contribution < -0.4 is 10.4 Å². The number of rotatable bonds is 5. The van der Waals surface area contributed by atoms with E-state index >= 15 is 0 Å². The number of non-ortho nitro benzene ring substituents is 1. The summed E-state index contributed by atoms with van der Waals surface area (Å²) in [6.45, 7) is 1.63. The molecule has 0 atom stereocenters. The second-order valence-corrected chi connectivity index (χ2v) is 6.62. The molecule has 10 nitrogen and oxygen atoms in total. The van der Waals surface area contributed by atoms with E-state index in [9.17, 15) is 25.0 Å². The predicted octanol–water partition coefficient (Wildman–Crippen LogP) is 4.77. The summed E-state index contributed by atoms with van der Waals surface area (Å²) in [6, 6.07) is 13.3. The molecule has 2 heterocycles. The molecule has 0 saturated heterocycles. The summed E-state index contributed by atoms with van der Waals surface area (Å²) in [6.07, 6.45) is 1.09. The SMILES string of the molecule is Cc1cc([N+](=O)[O-])cnc1Oc1ccc2c(-c3ccc([N+](=O)[O-])cc3)cc(=O)oc2c1. The minimum atomic E-state index is -0.595. The van der Waals surface area contributed by atoms with Crippen molar-refractivity contribution < 1.29 is 19.0 Å². The van der Waals surface area contributed by atoms with Gasteiger partial charge >= 0.3 is 5.63 Å². The highest BCUT2D eigenvalue weighted by Gasteiger charge is 2.14. The Morgan fingerprint density at radius 3 is 2.29 bits per heavy atom. The second-order valence-electron chi connectivity index (χ2n) is 6.62. The van der Waals surface area contributed by atoms with Gasteiger partial charge in [-0.25, -0.2) is 9.78 Å². The molecule has 0 spiro atoms. The number of pyridine rings is 1. The number of nitro benzene ring substituents is 1. The minimum Gasteiger partial charge on any atom is -0.439 e. The molecule has 0 aliphatic carbocycles. The zero-order chi connectivity index (χ0) is 22.1. The van der Waals surface area contributed by atoms with Crippen LogP contribution in [0.3, 0.4) is 0 Å². The third-order valence-electron chi connectivity index (χ3n) is 4.55. The monoisotopic (exact) mass is 419 g/mol. The first-order valence-corrected chi connectivity index (χ1v) is 8.93. The Morgan fingerprint density at radius 2 is 1.65 bits per heavy atom. The van der Waals surface area contributed by atoms with E-state index in [4.69, 9.17) is 9.15 Å². The van der Waals surface area contributed by atoms with Crippen molar-refractivity contribution in [3.8, 4) is 22.8 Å². The van der Waals surface area contributed by atoms with E-state index < -0.39 is 15.5 Å². The minimum absolute atomic E-state index is 0.0577. The molecule has 0 unspecified atom stereocenters. The van der Waals surface area contributed by atoms with Crippen LogP contribution in [-0.2, 0) is 0 Å². The first-order chi connectivity index (χ1) is 14.8. The van der Waals surface area contributed by atoms with Crippen molar-refractivity contribution >= 4 is 22.3 Å².